The molecule has 1 amide bonds. The Morgan fingerprint density at radius 3 is 3.12 bits per heavy atom. The minimum absolute atomic E-state index is 0.0470. The smallest absolute Gasteiger partial charge is 0.270 e. The molecule has 1 aromatic heterocycles. The van der Waals surface area contributed by atoms with Crippen LogP contribution in [-0.4, -0.2) is 42.1 Å². The van der Waals surface area contributed by atoms with E-state index in [-0.39, 0.29) is 5.91 Å². The quantitative estimate of drug-likeness (QED) is 0.869. The fraction of sp³-hybridized carbons (Fsp3) is 0.615. The minimum atomic E-state index is 0.0470. The second-order valence-electron chi connectivity index (χ2n) is 4.59. The highest BCUT2D eigenvalue weighted by molar-refractivity contribution is 5.92. The van der Waals surface area contributed by atoms with Gasteiger partial charge in [-0.3, -0.25) is 4.79 Å². The number of nitrogens with one attached hydrogen (secondary N) is 1. The molecule has 1 saturated heterocycles. The van der Waals surface area contributed by atoms with Crippen molar-refractivity contribution in [3.63, 3.8) is 0 Å². The number of hydrogen-bond donors (Lipinski definition) is 1. The van der Waals surface area contributed by atoms with Crippen molar-refractivity contribution >= 4 is 5.91 Å². The summed E-state index contributed by atoms with van der Waals surface area (Å²) in [6, 6.07) is 3.64. The molecular weight excluding hydrogens is 216 g/mol. The fourth-order valence-electron chi connectivity index (χ4n) is 2.14. The maximum Gasteiger partial charge on any atom is 0.270 e. The Hall–Kier alpha value is -1.29. The standard InChI is InChI=1S/C13H20N2O2/c1-15(13(16)12-6-4-8-14-12)9-7-11-5-2-3-10-17-11/h4,6,8,11,14H,2-3,5,7,9-10H2,1H3. The highest BCUT2D eigenvalue weighted by Crippen LogP contribution is 2.16. The van der Waals surface area contributed by atoms with Crippen LogP contribution in [0, 0.1) is 0 Å². The first-order valence-electron chi connectivity index (χ1n) is 6.28. The van der Waals surface area contributed by atoms with Crippen LogP contribution in [0.2, 0.25) is 0 Å². The van der Waals surface area contributed by atoms with Gasteiger partial charge in [0.15, 0.2) is 0 Å². The summed E-state index contributed by atoms with van der Waals surface area (Å²) in [7, 11) is 1.84. The summed E-state index contributed by atoms with van der Waals surface area (Å²) in [5, 5.41) is 0. The molecular formula is C13H20N2O2. The van der Waals surface area contributed by atoms with Crippen molar-refractivity contribution < 1.29 is 9.53 Å². The van der Waals surface area contributed by atoms with Crippen LogP contribution in [-0.2, 0) is 4.74 Å². The molecule has 1 fully saturated rings. The van der Waals surface area contributed by atoms with E-state index in [2.05, 4.69) is 4.98 Å². The predicted octanol–water partition coefficient (Wildman–Crippen LogP) is 2.05. The van der Waals surface area contributed by atoms with Crippen molar-refractivity contribution in [2.75, 3.05) is 20.2 Å². The molecule has 0 saturated carbocycles. The maximum absolute atomic E-state index is 11.9. The summed E-state index contributed by atoms with van der Waals surface area (Å²) < 4.78 is 5.65. The van der Waals surface area contributed by atoms with E-state index >= 15 is 0 Å². The SMILES string of the molecule is CN(CCC1CCCCO1)C(=O)c1ccc[nH]1. The molecule has 4 heteroatoms. The van der Waals surface area contributed by atoms with Crippen molar-refractivity contribution in [3.8, 4) is 0 Å². The molecule has 17 heavy (non-hydrogen) atoms. The Kier molecular flexibility index (Phi) is 4.20. The molecule has 0 radical (unpaired) electrons. The first-order valence-corrected chi connectivity index (χ1v) is 6.28. The van der Waals surface area contributed by atoms with Gasteiger partial charge in [-0.15, -0.1) is 0 Å². The van der Waals surface area contributed by atoms with Crippen LogP contribution in [0.25, 0.3) is 0 Å². The maximum atomic E-state index is 11.9. The zero-order chi connectivity index (χ0) is 12.1. The van der Waals surface area contributed by atoms with Gasteiger partial charge in [-0.05, 0) is 37.8 Å². The van der Waals surface area contributed by atoms with Gasteiger partial charge >= 0.3 is 0 Å². The molecule has 1 atom stereocenters. The Bertz CT molecular complexity index is 342. The summed E-state index contributed by atoms with van der Waals surface area (Å²) >= 11 is 0. The van der Waals surface area contributed by atoms with Crippen LogP contribution < -0.4 is 0 Å². The van der Waals surface area contributed by atoms with Crippen LogP contribution in [0.5, 0.6) is 0 Å². The first-order chi connectivity index (χ1) is 8.27. The summed E-state index contributed by atoms with van der Waals surface area (Å²) in [4.78, 5) is 16.6. The molecule has 1 aromatic rings. The van der Waals surface area contributed by atoms with E-state index in [0.717, 1.165) is 26.0 Å². The van der Waals surface area contributed by atoms with Gasteiger partial charge in [0.25, 0.3) is 5.91 Å². The number of aromatic nitrogens is 1. The Labute approximate surface area is 102 Å². The lowest BCUT2D eigenvalue weighted by molar-refractivity contribution is 0.00706. The van der Waals surface area contributed by atoms with Gasteiger partial charge in [-0.1, -0.05) is 0 Å². The largest absolute Gasteiger partial charge is 0.378 e. The number of hydrogen-bond acceptors (Lipinski definition) is 2. The number of amides is 1. The average Bonchev–Trinajstić information content (AvgIpc) is 2.90. The number of nitrogens with zero attached hydrogens (tertiary/aromatic N) is 1. The van der Waals surface area contributed by atoms with Crippen LogP contribution >= 0.6 is 0 Å². The second kappa shape index (κ2) is 5.87. The van der Waals surface area contributed by atoms with Crippen LogP contribution in [0.1, 0.15) is 36.2 Å². The lowest BCUT2D eigenvalue weighted by Gasteiger charge is -2.25. The van der Waals surface area contributed by atoms with Crippen molar-refractivity contribution in [2.24, 2.45) is 0 Å². The molecule has 1 aliphatic heterocycles. The van der Waals surface area contributed by atoms with Gasteiger partial charge in [0, 0.05) is 26.4 Å². The average molecular weight is 236 g/mol. The third-order valence-corrected chi connectivity index (χ3v) is 3.24. The molecule has 1 N–H and O–H groups in total. The molecule has 0 aromatic carbocycles. The number of carbonyl (C=O) groups is 1. The van der Waals surface area contributed by atoms with E-state index in [1.165, 1.54) is 12.8 Å². The molecule has 94 valence electrons. The number of carbonyl (C=O) groups excluding carboxylic acids is 1. The van der Waals surface area contributed by atoms with Gasteiger partial charge < -0.3 is 14.6 Å². The highest BCUT2D eigenvalue weighted by atomic mass is 16.5. The number of H-pyrrole nitrogens is 1. The molecule has 0 bridgehead atoms. The second-order valence-corrected chi connectivity index (χ2v) is 4.59. The number of rotatable bonds is 4. The number of aromatic amines is 1. The predicted molar refractivity (Wildman–Crippen MR) is 66.0 cm³/mol. The zero-order valence-corrected chi connectivity index (χ0v) is 10.3. The van der Waals surface area contributed by atoms with E-state index in [4.69, 9.17) is 4.74 Å². The molecule has 1 aliphatic rings. The van der Waals surface area contributed by atoms with Crippen molar-refractivity contribution in [1.29, 1.82) is 0 Å². The Morgan fingerprint density at radius 1 is 1.59 bits per heavy atom. The monoisotopic (exact) mass is 236 g/mol. The van der Waals surface area contributed by atoms with Crippen LogP contribution in [0.15, 0.2) is 18.3 Å². The van der Waals surface area contributed by atoms with Crippen molar-refractivity contribution in [1.82, 2.24) is 9.88 Å². The van der Waals surface area contributed by atoms with E-state index in [9.17, 15) is 4.79 Å². The molecule has 4 nitrogen and oxygen atoms in total. The van der Waals surface area contributed by atoms with E-state index in [0.29, 0.717) is 11.8 Å². The van der Waals surface area contributed by atoms with Gasteiger partial charge in [-0.2, -0.15) is 0 Å². The molecule has 2 rings (SSSR count). The normalized spacial score (nSPS) is 20.2. The molecule has 2 heterocycles. The van der Waals surface area contributed by atoms with E-state index in [1.807, 2.05) is 13.1 Å². The zero-order valence-electron chi connectivity index (χ0n) is 10.3. The summed E-state index contributed by atoms with van der Waals surface area (Å²) in [6.45, 7) is 1.63. The summed E-state index contributed by atoms with van der Waals surface area (Å²) in [5.41, 5.74) is 0.650. The van der Waals surface area contributed by atoms with Crippen molar-refractivity contribution in [2.45, 2.75) is 31.8 Å². The lowest BCUT2D eigenvalue weighted by atomic mass is 10.1. The summed E-state index contributed by atoms with van der Waals surface area (Å²) in [6.07, 6.45) is 6.59. The Balaban J connectivity index is 1.76. The fourth-order valence-corrected chi connectivity index (χ4v) is 2.14. The van der Waals surface area contributed by atoms with Crippen molar-refractivity contribution in [3.05, 3.63) is 24.0 Å². The number of ether oxygens (including phenoxy) is 1. The molecule has 1 unspecified atom stereocenters. The lowest BCUT2D eigenvalue weighted by Crippen LogP contribution is -2.31. The van der Waals surface area contributed by atoms with Gasteiger partial charge in [0.2, 0.25) is 0 Å². The minimum Gasteiger partial charge on any atom is -0.378 e. The van der Waals surface area contributed by atoms with Gasteiger partial charge in [-0.25, -0.2) is 0 Å². The van der Waals surface area contributed by atoms with Gasteiger partial charge in [0.05, 0.1) is 6.10 Å². The first kappa shape index (κ1) is 12.2. The topological polar surface area (TPSA) is 45.3 Å². The third kappa shape index (κ3) is 3.33. The molecule has 0 spiro atoms. The van der Waals surface area contributed by atoms with Crippen LogP contribution in [0.3, 0.4) is 0 Å². The molecule has 0 aliphatic carbocycles. The van der Waals surface area contributed by atoms with Crippen LogP contribution in [0.4, 0.5) is 0 Å². The van der Waals surface area contributed by atoms with Gasteiger partial charge in [0.1, 0.15) is 5.69 Å². The van der Waals surface area contributed by atoms with E-state index in [1.54, 1.807) is 17.2 Å². The van der Waals surface area contributed by atoms with E-state index < -0.39 is 0 Å². The summed E-state index contributed by atoms with van der Waals surface area (Å²) in [5.74, 6) is 0.0470. The highest BCUT2D eigenvalue weighted by Gasteiger charge is 2.17. The third-order valence-electron chi connectivity index (χ3n) is 3.24. The Morgan fingerprint density at radius 2 is 2.47 bits per heavy atom.